The Morgan fingerprint density at radius 1 is 1.35 bits per heavy atom. The van der Waals surface area contributed by atoms with Crippen molar-refractivity contribution in [3.8, 4) is 11.5 Å². The van der Waals surface area contributed by atoms with Crippen molar-refractivity contribution < 1.29 is 30.0 Å². The molecule has 3 nitrogen and oxygen atoms in total. The third-order valence-corrected chi connectivity index (χ3v) is 3.10. The van der Waals surface area contributed by atoms with Crippen LogP contribution in [0.15, 0.2) is 23.2 Å². The van der Waals surface area contributed by atoms with Gasteiger partial charge in [0.05, 0.1) is 12.7 Å². The van der Waals surface area contributed by atoms with E-state index >= 15 is 0 Å². The number of hydrogen-bond donors (Lipinski definition) is 0. The summed E-state index contributed by atoms with van der Waals surface area (Å²) in [4.78, 5) is 15.7. The van der Waals surface area contributed by atoms with Crippen molar-refractivity contribution in [2.24, 2.45) is 4.99 Å². The van der Waals surface area contributed by atoms with E-state index in [0.29, 0.717) is 5.56 Å². The summed E-state index contributed by atoms with van der Waals surface area (Å²) in [5.74, 6) is 2.76. The molecule has 1 aromatic carbocycles. The normalized spacial score (nSPS) is 10.4. The average Bonchev–Trinajstić information content (AvgIpc) is 2.36. The monoisotopic (exact) mass is 378 g/mol. The van der Waals surface area contributed by atoms with Crippen LogP contribution >= 0.6 is 0 Å². The summed E-state index contributed by atoms with van der Waals surface area (Å²) in [6.45, 7) is 8.22. The number of rotatable bonds is 2. The molecule has 5 heteroatoms. The van der Waals surface area contributed by atoms with Gasteiger partial charge < -0.3 is 9.73 Å². The number of methoxy groups -OCH3 is 1. The maximum atomic E-state index is 11.5. The number of benzene rings is 1. The van der Waals surface area contributed by atoms with Gasteiger partial charge in [-0.15, -0.1) is 18.5 Å². The Balaban J connectivity index is 0.00000361. The molecule has 0 saturated heterocycles. The van der Waals surface area contributed by atoms with Crippen molar-refractivity contribution in [3.63, 3.8) is 0 Å². The first-order valence-corrected chi connectivity index (χ1v) is 9.50. The SMILES string of the molecule is C[C-]=Nc1ccc(C(=O)OC)cc1C#C[Si](C)(C)C.[Pd]. The van der Waals surface area contributed by atoms with E-state index in [1.54, 1.807) is 25.1 Å². The molecule has 0 bridgehead atoms. The van der Waals surface area contributed by atoms with Crippen LogP contribution in [0.5, 0.6) is 0 Å². The molecule has 0 aliphatic heterocycles. The fourth-order valence-electron chi connectivity index (χ4n) is 1.35. The zero-order valence-corrected chi connectivity index (χ0v) is 14.9. The van der Waals surface area contributed by atoms with Gasteiger partial charge in [-0.05, 0) is 11.6 Å². The van der Waals surface area contributed by atoms with Crippen molar-refractivity contribution in [2.75, 3.05) is 7.11 Å². The van der Waals surface area contributed by atoms with E-state index in [1.807, 2.05) is 0 Å². The minimum atomic E-state index is -1.48. The molecule has 0 unspecified atom stereocenters. The smallest absolute Gasteiger partial charge is 0.337 e. The molecule has 0 amide bonds. The first kappa shape index (κ1) is 18.8. The summed E-state index contributed by atoms with van der Waals surface area (Å²) in [7, 11) is -0.115. The van der Waals surface area contributed by atoms with Crippen LogP contribution in [-0.2, 0) is 25.2 Å². The second-order valence-electron chi connectivity index (χ2n) is 5.06. The molecule has 0 heterocycles. The first-order chi connectivity index (χ1) is 8.87. The van der Waals surface area contributed by atoms with Gasteiger partial charge in [-0.3, -0.25) is 0 Å². The maximum Gasteiger partial charge on any atom is 0.337 e. The zero-order valence-electron chi connectivity index (χ0n) is 12.3. The van der Waals surface area contributed by atoms with E-state index in [-0.39, 0.29) is 26.4 Å². The van der Waals surface area contributed by atoms with Gasteiger partial charge in [0, 0.05) is 20.4 Å². The standard InChI is InChI=1S/C15H18NO2Si.Pd/c1-6-16-14-8-7-13(15(17)18-2)11-12(14)9-10-19(3,4)5;/h7-8,11H,1-5H3;/q-1;. The minimum Gasteiger partial charge on any atom is -0.465 e. The molecule has 0 fully saturated rings. The largest absolute Gasteiger partial charge is 0.465 e. The predicted octanol–water partition coefficient (Wildman–Crippen LogP) is 3.30. The second-order valence-corrected chi connectivity index (χ2v) is 9.81. The third-order valence-electron chi connectivity index (χ3n) is 2.22. The molecule has 0 saturated carbocycles. The third kappa shape index (κ3) is 5.84. The van der Waals surface area contributed by atoms with Gasteiger partial charge in [0.25, 0.3) is 0 Å². The fraction of sp³-hybridized carbons (Fsp3) is 0.333. The van der Waals surface area contributed by atoms with Gasteiger partial charge in [-0.25, -0.2) is 4.79 Å². The predicted molar refractivity (Wildman–Crippen MR) is 80.8 cm³/mol. The van der Waals surface area contributed by atoms with Crippen molar-refractivity contribution in [1.29, 1.82) is 0 Å². The van der Waals surface area contributed by atoms with Crippen LogP contribution in [0.25, 0.3) is 0 Å². The number of ether oxygens (including phenoxy) is 1. The molecular weight excluding hydrogens is 361 g/mol. The summed E-state index contributed by atoms with van der Waals surface area (Å²) in [6.07, 6.45) is 2.74. The van der Waals surface area contributed by atoms with Crippen molar-refractivity contribution in [3.05, 3.63) is 29.3 Å². The Kier molecular flexibility index (Phi) is 7.68. The molecule has 1 rings (SSSR count). The topological polar surface area (TPSA) is 38.7 Å². The molecule has 0 aliphatic carbocycles. The molecule has 0 aliphatic rings. The molecular formula is C15H18NO2PdSi-. The Bertz CT molecular complexity index is 565. The van der Waals surface area contributed by atoms with Crippen LogP contribution < -0.4 is 0 Å². The van der Waals surface area contributed by atoms with Crippen LogP contribution in [0.4, 0.5) is 5.69 Å². The van der Waals surface area contributed by atoms with E-state index in [0.717, 1.165) is 11.3 Å². The van der Waals surface area contributed by atoms with E-state index < -0.39 is 8.07 Å². The Hall–Kier alpha value is -1.20. The van der Waals surface area contributed by atoms with Crippen LogP contribution in [-0.4, -0.2) is 27.4 Å². The molecule has 1 aromatic rings. The van der Waals surface area contributed by atoms with Crippen LogP contribution in [0.2, 0.25) is 19.6 Å². The van der Waals surface area contributed by atoms with Gasteiger partial charge in [0.1, 0.15) is 8.07 Å². The number of aliphatic imine (C=N–C) groups is 1. The zero-order chi connectivity index (χ0) is 14.5. The number of nitrogens with zero attached hydrogens (tertiary/aromatic N) is 1. The average molecular weight is 379 g/mol. The quantitative estimate of drug-likeness (QED) is 0.260. The van der Waals surface area contributed by atoms with Crippen molar-refractivity contribution >= 4 is 25.9 Å². The van der Waals surface area contributed by atoms with Gasteiger partial charge in [0.2, 0.25) is 0 Å². The molecule has 0 spiro atoms. The van der Waals surface area contributed by atoms with Gasteiger partial charge >= 0.3 is 5.97 Å². The van der Waals surface area contributed by atoms with E-state index in [2.05, 4.69) is 42.3 Å². The van der Waals surface area contributed by atoms with E-state index in [4.69, 9.17) is 4.74 Å². The summed E-state index contributed by atoms with van der Waals surface area (Å²) < 4.78 is 4.71. The van der Waals surface area contributed by atoms with E-state index in [9.17, 15) is 4.79 Å². The summed E-state index contributed by atoms with van der Waals surface area (Å²) >= 11 is 0. The fourth-order valence-corrected chi connectivity index (χ4v) is 1.86. The number of hydrogen-bond acceptors (Lipinski definition) is 3. The first-order valence-electron chi connectivity index (χ1n) is 6.00. The number of carbonyl (C=O) groups excluding carboxylic acids is 1. The Morgan fingerprint density at radius 3 is 2.50 bits per heavy atom. The minimum absolute atomic E-state index is 0. The van der Waals surface area contributed by atoms with Crippen molar-refractivity contribution in [1.82, 2.24) is 0 Å². The van der Waals surface area contributed by atoms with Gasteiger partial charge in [-0.1, -0.05) is 37.3 Å². The molecule has 0 atom stereocenters. The molecule has 110 valence electrons. The second kappa shape index (κ2) is 8.17. The molecule has 20 heavy (non-hydrogen) atoms. The molecule has 0 aromatic heterocycles. The molecule has 0 radical (unpaired) electrons. The van der Waals surface area contributed by atoms with Crippen molar-refractivity contribution in [2.45, 2.75) is 26.6 Å². The number of carbonyl (C=O) groups is 1. The Labute approximate surface area is 135 Å². The summed E-state index contributed by atoms with van der Waals surface area (Å²) in [5, 5.41) is 0. The van der Waals surface area contributed by atoms with Crippen LogP contribution in [0.3, 0.4) is 0 Å². The van der Waals surface area contributed by atoms with Crippen LogP contribution in [0.1, 0.15) is 22.8 Å². The summed E-state index contributed by atoms with van der Waals surface area (Å²) in [6, 6.07) is 5.16. The molecule has 0 N–H and O–H groups in total. The maximum absolute atomic E-state index is 11.5. The Morgan fingerprint density at radius 2 is 2.00 bits per heavy atom. The summed E-state index contributed by atoms with van der Waals surface area (Å²) in [5.41, 5.74) is 5.21. The van der Waals surface area contributed by atoms with Crippen LogP contribution in [0, 0.1) is 11.5 Å². The van der Waals surface area contributed by atoms with Gasteiger partial charge in [0.15, 0.2) is 0 Å². The van der Waals surface area contributed by atoms with Gasteiger partial charge in [-0.2, -0.15) is 6.21 Å². The van der Waals surface area contributed by atoms with E-state index in [1.165, 1.54) is 7.11 Å². The number of esters is 1.